The van der Waals surface area contributed by atoms with Gasteiger partial charge in [0.15, 0.2) is 0 Å². The molecule has 19 heavy (non-hydrogen) atoms. The van der Waals surface area contributed by atoms with Gasteiger partial charge in [-0.05, 0) is 37.6 Å². The molecule has 0 radical (unpaired) electrons. The summed E-state index contributed by atoms with van der Waals surface area (Å²) < 4.78 is 32.0. The van der Waals surface area contributed by atoms with Gasteiger partial charge in [0.2, 0.25) is 0 Å². The van der Waals surface area contributed by atoms with Crippen LogP contribution in [0.3, 0.4) is 0 Å². The molecule has 1 aromatic carbocycles. The summed E-state index contributed by atoms with van der Waals surface area (Å²) in [5.74, 6) is 1.02. The van der Waals surface area contributed by atoms with E-state index in [1.54, 1.807) is 39.3 Å². The summed E-state index contributed by atoms with van der Waals surface area (Å²) in [7, 11) is -2.09. The van der Waals surface area contributed by atoms with Gasteiger partial charge in [-0.2, -0.15) is 5.10 Å². The number of aromatic amines is 1. The van der Waals surface area contributed by atoms with Crippen LogP contribution in [0.5, 0.6) is 5.75 Å². The van der Waals surface area contributed by atoms with E-state index in [2.05, 4.69) is 14.9 Å². The van der Waals surface area contributed by atoms with Crippen molar-refractivity contribution in [1.82, 2.24) is 10.2 Å². The lowest BCUT2D eigenvalue weighted by Crippen LogP contribution is -2.14. The summed E-state index contributed by atoms with van der Waals surface area (Å²) in [4.78, 5) is 0.180. The molecule has 102 valence electrons. The van der Waals surface area contributed by atoms with Gasteiger partial charge < -0.3 is 4.74 Å². The van der Waals surface area contributed by atoms with Gasteiger partial charge >= 0.3 is 0 Å². The van der Waals surface area contributed by atoms with Gasteiger partial charge in [-0.3, -0.25) is 9.82 Å². The zero-order chi connectivity index (χ0) is 14.0. The molecule has 0 saturated heterocycles. The highest BCUT2D eigenvalue weighted by Crippen LogP contribution is 2.23. The molecule has 2 N–H and O–H groups in total. The first-order valence-electron chi connectivity index (χ1n) is 5.61. The molecule has 0 bridgehead atoms. The van der Waals surface area contributed by atoms with Crippen LogP contribution in [-0.4, -0.2) is 25.7 Å². The molecular formula is C12H15N3O3S. The zero-order valence-corrected chi connectivity index (χ0v) is 11.7. The lowest BCUT2D eigenvalue weighted by molar-refractivity contribution is 0.411. The van der Waals surface area contributed by atoms with Crippen molar-refractivity contribution in [2.75, 3.05) is 11.8 Å². The third kappa shape index (κ3) is 2.70. The fourth-order valence-corrected chi connectivity index (χ4v) is 2.83. The molecule has 0 atom stereocenters. The molecule has 0 amide bonds. The number of methoxy groups -OCH3 is 1. The first-order valence-corrected chi connectivity index (χ1v) is 7.10. The molecule has 2 rings (SSSR count). The van der Waals surface area contributed by atoms with Gasteiger partial charge in [0.25, 0.3) is 10.0 Å². The van der Waals surface area contributed by atoms with Gasteiger partial charge in [0.05, 0.1) is 18.2 Å². The minimum Gasteiger partial charge on any atom is -0.496 e. The Morgan fingerprint density at radius 2 is 2.00 bits per heavy atom. The van der Waals surface area contributed by atoms with Crippen molar-refractivity contribution in [3.8, 4) is 5.75 Å². The Morgan fingerprint density at radius 1 is 1.26 bits per heavy atom. The number of nitrogens with one attached hydrogen (secondary N) is 2. The molecule has 0 saturated carbocycles. The van der Waals surface area contributed by atoms with Crippen molar-refractivity contribution in [3.63, 3.8) is 0 Å². The highest BCUT2D eigenvalue weighted by atomic mass is 32.2. The van der Waals surface area contributed by atoms with Crippen molar-refractivity contribution < 1.29 is 13.2 Å². The molecule has 1 aromatic heterocycles. The Kier molecular flexibility index (Phi) is 3.48. The van der Waals surface area contributed by atoms with Crippen LogP contribution in [0.2, 0.25) is 0 Å². The summed E-state index contributed by atoms with van der Waals surface area (Å²) in [6.45, 7) is 3.56. The molecule has 0 aliphatic heterocycles. The van der Waals surface area contributed by atoms with E-state index in [-0.39, 0.29) is 4.90 Å². The highest BCUT2D eigenvalue weighted by molar-refractivity contribution is 7.92. The van der Waals surface area contributed by atoms with Crippen LogP contribution in [0.15, 0.2) is 29.3 Å². The van der Waals surface area contributed by atoms with E-state index in [0.717, 1.165) is 11.1 Å². The second-order valence-electron chi connectivity index (χ2n) is 4.16. The maximum Gasteiger partial charge on any atom is 0.263 e. The van der Waals surface area contributed by atoms with E-state index in [1.807, 2.05) is 0 Å². The number of hydrogen-bond donors (Lipinski definition) is 2. The van der Waals surface area contributed by atoms with E-state index in [4.69, 9.17) is 4.74 Å². The molecule has 0 aliphatic carbocycles. The van der Waals surface area contributed by atoms with Crippen molar-refractivity contribution in [2.45, 2.75) is 18.7 Å². The van der Waals surface area contributed by atoms with E-state index >= 15 is 0 Å². The summed E-state index contributed by atoms with van der Waals surface area (Å²) in [6, 6.07) is 4.69. The molecular weight excluding hydrogens is 266 g/mol. The number of aryl methyl sites for hydroxylation is 2. The number of sulfonamides is 1. The minimum atomic E-state index is -3.63. The molecule has 1 heterocycles. The number of rotatable bonds is 4. The van der Waals surface area contributed by atoms with Crippen LogP contribution in [0.1, 0.15) is 11.1 Å². The van der Waals surface area contributed by atoms with Gasteiger partial charge in [0, 0.05) is 5.56 Å². The maximum atomic E-state index is 12.2. The van der Waals surface area contributed by atoms with E-state index in [0.29, 0.717) is 11.6 Å². The van der Waals surface area contributed by atoms with Crippen LogP contribution < -0.4 is 9.46 Å². The fourth-order valence-electron chi connectivity index (χ4n) is 1.66. The predicted molar refractivity (Wildman–Crippen MR) is 71.9 cm³/mol. The molecule has 7 heteroatoms. The zero-order valence-electron chi connectivity index (χ0n) is 10.9. The molecule has 0 fully saturated rings. The van der Waals surface area contributed by atoms with Crippen LogP contribution >= 0.6 is 0 Å². The van der Waals surface area contributed by atoms with Gasteiger partial charge in [0.1, 0.15) is 11.6 Å². The normalized spacial score (nSPS) is 11.3. The maximum absolute atomic E-state index is 12.2. The first kappa shape index (κ1) is 13.4. The van der Waals surface area contributed by atoms with Crippen LogP contribution in [0, 0.1) is 13.8 Å². The predicted octanol–water partition coefficient (Wildman–Crippen LogP) is 1.84. The second-order valence-corrected chi connectivity index (χ2v) is 5.85. The first-order chi connectivity index (χ1) is 8.94. The smallest absolute Gasteiger partial charge is 0.263 e. The summed E-state index contributed by atoms with van der Waals surface area (Å²) in [5, 5.41) is 6.38. The van der Waals surface area contributed by atoms with Crippen LogP contribution in [0.4, 0.5) is 5.82 Å². The van der Waals surface area contributed by atoms with Crippen molar-refractivity contribution in [3.05, 3.63) is 35.5 Å². The molecule has 0 aliphatic rings. The highest BCUT2D eigenvalue weighted by Gasteiger charge is 2.17. The monoisotopic (exact) mass is 281 g/mol. The van der Waals surface area contributed by atoms with Crippen molar-refractivity contribution in [1.29, 1.82) is 0 Å². The Bertz CT molecular complexity index is 692. The largest absolute Gasteiger partial charge is 0.496 e. The third-order valence-corrected chi connectivity index (χ3v) is 4.09. The topological polar surface area (TPSA) is 84.1 Å². The number of ether oxygens (including phenoxy) is 1. The van der Waals surface area contributed by atoms with Crippen molar-refractivity contribution >= 4 is 15.8 Å². The number of aromatic nitrogens is 2. The van der Waals surface area contributed by atoms with E-state index in [1.165, 1.54) is 6.07 Å². The SMILES string of the molecule is COc1ccc(S(=O)(=O)Nc2[nH]ncc2C)cc1C. The Labute approximate surface area is 111 Å². The van der Waals surface area contributed by atoms with Crippen molar-refractivity contribution in [2.24, 2.45) is 0 Å². The van der Waals surface area contributed by atoms with Gasteiger partial charge in [-0.15, -0.1) is 0 Å². The van der Waals surface area contributed by atoms with Crippen LogP contribution in [0.25, 0.3) is 0 Å². The molecule has 6 nitrogen and oxygen atoms in total. The number of H-pyrrole nitrogens is 1. The summed E-state index contributed by atoms with van der Waals surface area (Å²) in [5.41, 5.74) is 1.49. The Morgan fingerprint density at radius 3 is 2.53 bits per heavy atom. The Balaban J connectivity index is 2.35. The molecule has 2 aromatic rings. The third-order valence-electron chi connectivity index (χ3n) is 2.74. The molecule has 0 unspecified atom stereocenters. The molecule has 0 spiro atoms. The summed E-state index contributed by atoms with van der Waals surface area (Å²) in [6.07, 6.45) is 1.55. The minimum absolute atomic E-state index is 0.180. The quantitative estimate of drug-likeness (QED) is 0.895. The van der Waals surface area contributed by atoms with E-state index < -0.39 is 10.0 Å². The standard InChI is InChI=1S/C12H15N3O3S/c1-8-6-10(4-5-11(8)18-3)19(16,17)15-12-9(2)7-13-14-12/h4-7H,1-3H3,(H2,13,14,15). The average Bonchev–Trinajstić information content (AvgIpc) is 2.74. The number of benzene rings is 1. The fraction of sp³-hybridized carbons (Fsp3) is 0.250. The lowest BCUT2D eigenvalue weighted by Gasteiger charge is -2.09. The van der Waals surface area contributed by atoms with Gasteiger partial charge in [-0.1, -0.05) is 0 Å². The lowest BCUT2D eigenvalue weighted by atomic mass is 10.2. The number of hydrogen-bond acceptors (Lipinski definition) is 4. The number of nitrogens with zero attached hydrogens (tertiary/aromatic N) is 1. The number of anilines is 1. The van der Waals surface area contributed by atoms with Gasteiger partial charge in [-0.25, -0.2) is 8.42 Å². The average molecular weight is 281 g/mol. The van der Waals surface area contributed by atoms with Crippen LogP contribution in [-0.2, 0) is 10.0 Å². The van der Waals surface area contributed by atoms with E-state index in [9.17, 15) is 8.42 Å². The summed E-state index contributed by atoms with van der Waals surface area (Å²) >= 11 is 0. The Hall–Kier alpha value is -2.02. The second kappa shape index (κ2) is 4.93.